The standard InChI is InChI=1S/C15H29NO/c1-13(2)10-15(7-3-4-8-15)12-16-11-14-6-5-9-17-14/h13-14,16H,3-12H2,1-2H3. The van der Waals surface area contributed by atoms with Crippen molar-refractivity contribution in [1.82, 2.24) is 5.32 Å². The van der Waals surface area contributed by atoms with E-state index in [1.165, 1.54) is 51.5 Å². The summed E-state index contributed by atoms with van der Waals surface area (Å²) in [4.78, 5) is 0. The third-order valence-electron chi connectivity index (χ3n) is 4.40. The zero-order valence-electron chi connectivity index (χ0n) is 11.6. The predicted molar refractivity (Wildman–Crippen MR) is 72.2 cm³/mol. The summed E-state index contributed by atoms with van der Waals surface area (Å²) in [5.74, 6) is 0.831. The van der Waals surface area contributed by atoms with Crippen LogP contribution in [-0.2, 0) is 4.74 Å². The Morgan fingerprint density at radius 1 is 1.24 bits per heavy atom. The molecule has 100 valence electrons. The Bertz CT molecular complexity index is 215. The molecule has 2 nitrogen and oxygen atoms in total. The highest BCUT2D eigenvalue weighted by Crippen LogP contribution is 2.42. The maximum Gasteiger partial charge on any atom is 0.0700 e. The average Bonchev–Trinajstić information content (AvgIpc) is 2.89. The molecule has 1 saturated carbocycles. The Kier molecular flexibility index (Phi) is 4.87. The topological polar surface area (TPSA) is 21.3 Å². The minimum absolute atomic E-state index is 0.493. The van der Waals surface area contributed by atoms with Gasteiger partial charge in [0.1, 0.15) is 0 Å². The zero-order valence-corrected chi connectivity index (χ0v) is 11.6. The van der Waals surface area contributed by atoms with Crippen LogP contribution in [0.15, 0.2) is 0 Å². The predicted octanol–water partition coefficient (Wildman–Crippen LogP) is 3.36. The summed E-state index contributed by atoms with van der Waals surface area (Å²) in [5.41, 5.74) is 0.604. The molecule has 17 heavy (non-hydrogen) atoms. The van der Waals surface area contributed by atoms with Gasteiger partial charge in [-0.25, -0.2) is 0 Å². The summed E-state index contributed by atoms with van der Waals surface area (Å²) in [7, 11) is 0. The molecule has 2 fully saturated rings. The van der Waals surface area contributed by atoms with Crippen LogP contribution in [0.3, 0.4) is 0 Å². The van der Waals surface area contributed by atoms with Crippen molar-refractivity contribution < 1.29 is 4.74 Å². The monoisotopic (exact) mass is 239 g/mol. The van der Waals surface area contributed by atoms with Gasteiger partial charge in [-0.2, -0.15) is 0 Å². The number of rotatable bonds is 6. The lowest BCUT2D eigenvalue weighted by Gasteiger charge is -2.31. The molecule has 0 aromatic heterocycles. The van der Waals surface area contributed by atoms with Crippen molar-refractivity contribution in [1.29, 1.82) is 0 Å². The van der Waals surface area contributed by atoms with Crippen molar-refractivity contribution in [3.8, 4) is 0 Å². The van der Waals surface area contributed by atoms with Crippen molar-refractivity contribution in [2.24, 2.45) is 11.3 Å². The van der Waals surface area contributed by atoms with E-state index in [2.05, 4.69) is 19.2 Å². The molecule has 0 aromatic rings. The first kappa shape index (κ1) is 13.4. The van der Waals surface area contributed by atoms with Gasteiger partial charge in [0.2, 0.25) is 0 Å². The first-order chi connectivity index (χ1) is 8.20. The minimum atomic E-state index is 0.493. The fourth-order valence-corrected chi connectivity index (χ4v) is 3.75. The number of ether oxygens (including phenoxy) is 1. The molecule has 1 N–H and O–H groups in total. The third-order valence-corrected chi connectivity index (χ3v) is 4.40. The van der Waals surface area contributed by atoms with Crippen LogP contribution in [0.1, 0.15) is 58.8 Å². The van der Waals surface area contributed by atoms with Crippen LogP contribution in [0, 0.1) is 11.3 Å². The van der Waals surface area contributed by atoms with Gasteiger partial charge in [-0.1, -0.05) is 26.7 Å². The fourth-order valence-electron chi connectivity index (χ4n) is 3.75. The Morgan fingerprint density at radius 2 is 2.00 bits per heavy atom. The average molecular weight is 239 g/mol. The normalized spacial score (nSPS) is 28.1. The van der Waals surface area contributed by atoms with Crippen molar-refractivity contribution in [2.45, 2.75) is 64.9 Å². The van der Waals surface area contributed by atoms with Gasteiger partial charge in [-0.15, -0.1) is 0 Å². The van der Waals surface area contributed by atoms with E-state index < -0.39 is 0 Å². The van der Waals surface area contributed by atoms with Crippen LogP contribution in [0.5, 0.6) is 0 Å². The molecular weight excluding hydrogens is 210 g/mol. The van der Waals surface area contributed by atoms with Gasteiger partial charge in [0, 0.05) is 19.7 Å². The highest BCUT2D eigenvalue weighted by Gasteiger charge is 2.34. The second-order valence-electron chi connectivity index (χ2n) is 6.57. The molecule has 0 radical (unpaired) electrons. The van der Waals surface area contributed by atoms with Gasteiger partial charge < -0.3 is 10.1 Å². The molecule has 2 rings (SSSR count). The molecule has 0 aromatic carbocycles. The van der Waals surface area contributed by atoms with Crippen LogP contribution >= 0.6 is 0 Å². The van der Waals surface area contributed by atoms with Gasteiger partial charge in [0.25, 0.3) is 0 Å². The van der Waals surface area contributed by atoms with E-state index in [0.717, 1.165) is 19.1 Å². The first-order valence-corrected chi connectivity index (χ1v) is 7.53. The van der Waals surface area contributed by atoms with Gasteiger partial charge in [-0.05, 0) is 43.4 Å². The minimum Gasteiger partial charge on any atom is -0.377 e. The van der Waals surface area contributed by atoms with E-state index in [-0.39, 0.29) is 0 Å². The van der Waals surface area contributed by atoms with Crippen molar-refractivity contribution in [3.63, 3.8) is 0 Å². The van der Waals surface area contributed by atoms with Crippen LogP contribution in [0.25, 0.3) is 0 Å². The SMILES string of the molecule is CC(C)CC1(CNCC2CCCO2)CCCC1. The summed E-state index contributed by atoms with van der Waals surface area (Å²) in [6.07, 6.45) is 10.1. The molecule has 1 unspecified atom stereocenters. The molecular formula is C15H29NO. The number of nitrogens with one attached hydrogen (secondary N) is 1. The molecule has 0 amide bonds. The molecule has 1 saturated heterocycles. The zero-order chi connectivity index (χ0) is 12.1. The summed E-state index contributed by atoms with van der Waals surface area (Å²) in [6.45, 7) is 7.98. The molecule has 1 aliphatic carbocycles. The summed E-state index contributed by atoms with van der Waals surface area (Å²) >= 11 is 0. The Hall–Kier alpha value is -0.0800. The molecule has 1 atom stereocenters. The lowest BCUT2D eigenvalue weighted by atomic mass is 9.78. The Balaban J connectivity index is 1.73. The van der Waals surface area contributed by atoms with Crippen molar-refractivity contribution in [2.75, 3.05) is 19.7 Å². The van der Waals surface area contributed by atoms with Crippen molar-refractivity contribution >= 4 is 0 Å². The van der Waals surface area contributed by atoms with E-state index in [1.807, 2.05) is 0 Å². The van der Waals surface area contributed by atoms with Crippen LogP contribution in [0.4, 0.5) is 0 Å². The van der Waals surface area contributed by atoms with E-state index >= 15 is 0 Å². The molecule has 0 spiro atoms. The Labute approximate surface area is 107 Å². The first-order valence-electron chi connectivity index (χ1n) is 7.53. The fraction of sp³-hybridized carbons (Fsp3) is 1.00. The number of hydrogen-bond acceptors (Lipinski definition) is 2. The van der Waals surface area contributed by atoms with E-state index in [1.54, 1.807) is 0 Å². The maximum atomic E-state index is 5.67. The van der Waals surface area contributed by atoms with Gasteiger partial charge in [0.15, 0.2) is 0 Å². The summed E-state index contributed by atoms with van der Waals surface area (Å²) in [6, 6.07) is 0. The lowest BCUT2D eigenvalue weighted by molar-refractivity contribution is 0.105. The summed E-state index contributed by atoms with van der Waals surface area (Å²) < 4.78 is 5.67. The van der Waals surface area contributed by atoms with E-state index in [0.29, 0.717) is 11.5 Å². The largest absolute Gasteiger partial charge is 0.377 e. The van der Waals surface area contributed by atoms with Gasteiger partial charge in [0.05, 0.1) is 6.10 Å². The molecule has 2 aliphatic rings. The maximum absolute atomic E-state index is 5.67. The quantitative estimate of drug-likeness (QED) is 0.767. The highest BCUT2D eigenvalue weighted by molar-refractivity contribution is 4.87. The number of hydrogen-bond donors (Lipinski definition) is 1. The van der Waals surface area contributed by atoms with Gasteiger partial charge >= 0.3 is 0 Å². The summed E-state index contributed by atoms with van der Waals surface area (Å²) in [5, 5.41) is 3.69. The Morgan fingerprint density at radius 3 is 2.59 bits per heavy atom. The molecule has 2 heteroatoms. The highest BCUT2D eigenvalue weighted by atomic mass is 16.5. The third kappa shape index (κ3) is 3.96. The van der Waals surface area contributed by atoms with Crippen LogP contribution in [0.2, 0.25) is 0 Å². The van der Waals surface area contributed by atoms with Crippen molar-refractivity contribution in [3.05, 3.63) is 0 Å². The van der Waals surface area contributed by atoms with Crippen LogP contribution in [-0.4, -0.2) is 25.8 Å². The van der Waals surface area contributed by atoms with E-state index in [4.69, 9.17) is 4.74 Å². The van der Waals surface area contributed by atoms with E-state index in [9.17, 15) is 0 Å². The second kappa shape index (κ2) is 6.19. The molecule has 1 heterocycles. The van der Waals surface area contributed by atoms with Crippen LogP contribution < -0.4 is 5.32 Å². The lowest BCUT2D eigenvalue weighted by Crippen LogP contribution is -2.37. The second-order valence-corrected chi connectivity index (χ2v) is 6.57. The van der Waals surface area contributed by atoms with Gasteiger partial charge in [-0.3, -0.25) is 0 Å². The molecule has 1 aliphatic heterocycles. The molecule has 0 bridgehead atoms. The smallest absolute Gasteiger partial charge is 0.0700 e.